The van der Waals surface area contributed by atoms with Gasteiger partial charge in [0.25, 0.3) is 0 Å². The average Bonchev–Trinajstić information content (AvgIpc) is 2.89. The molecule has 2 heteroatoms. The first-order valence-corrected chi connectivity index (χ1v) is 5.93. The lowest BCUT2D eigenvalue weighted by molar-refractivity contribution is 0.144. The molecule has 0 aromatic heterocycles. The van der Waals surface area contributed by atoms with Crippen molar-refractivity contribution in [2.24, 2.45) is 17.3 Å². The summed E-state index contributed by atoms with van der Waals surface area (Å²) in [5.74, 6) is 1.35. The van der Waals surface area contributed by atoms with Gasteiger partial charge in [0.2, 0.25) is 0 Å². The molecular weight excluding hydrogens is 174 g/mol. The predicted molar refractivity (Wildman–Crippen MR) is 60.3 cm³/mol. The highest BCUT2D eigenvalue weighted by Crippen LogP contribution is 2.57. The predicted octanol–water partition coefficient (Wildman–Crippen LogP) is 1.98. The van der Waals surface area contributed by atoms with E-state index in [1.807, 2.05) is 0 Å². The van der Waals surface area contributed by atoms with Crippen LogP contribution in [-0.4, -0.2) is 36.2 Å². The van der Waals surface area contributed by atoms with E-state index in [0.717, 1.165) is 19.0 Å². The molecular formula is C12H25NO. The van der Waals surface area contributed by atoms with Crippen molar-refractivity contribution in [3.8, 4) is 0 Å². The maximum absolute atomic E-state index is 9.44. The highest BCUT2D eigenvalue weighted by atomic mass is 16.3. The van der Waals surface area contributed by atoms with Crippen LogP contribution in [0.25, 0.3) is 0 Å². The van der Waals surface area contributed by atoms with Gasteiger partial charge in [0.05, 0.1) is 0 Å². The minimum Gasteiger partial charge on any atom is -0.396 e. The van der Waals surface area contributed by atoms with Crippen molar-refractivity contribution < 1.29 is 5.11 Å². The molecule has 2 unspecified atom stereocenters. The Morgan fingerprint density at radius 3 is 2.21 bits per heavy atom. The van der Waals surface area contributed by atoms with Gasteiger partial charge in [-0.15, -0.1) is 0 Å². The molecule has 0 aliphatic heterocycles. The van der Waals surface area contributed by atoms with Crippen molar-refractivity contribution in [2.75, 3.05) is 26.2 Å². The van der Waals surface area contributed by atoms with E-state index in [1.54, 1.807) is 0 Å². The summed E-state index contributed by atoms with van der Waals surface area (Å²) >= 11 is 0. The second-order valence-electron chi connectivity index (χ2n) is 4.93. The van der Waals surface area contributed by atoms with Gasteiger partial charge in [-0.1, -0.05) is 27.7 Å². The molecule has 1 N–H and O–H groups in total. The largest absolute Gasteiger partial charge is 0.396 e. The van der Waals surface area contributed by atoms with Crippen LogP contribution in [0, 0.1) is 17.3 Å². The van der Waals surface area contributed by atoms with E-state index in [1.165, 1.54) is 13.0 Å². The SMILES string of the molecule is CCN(CC)CC1CC1(CO)C(C)C. The Morgan fingerprint density at radius 2 is 1.93 bits per heavy atom. The fourth-order valence-corrected chi connectivity index (χ4v) is 2.52. The Morgan fingerprint density at radius 1 is 1.36 bits per heavy atom. The molecule has 1 rings (SSSR count). The quantitative estimate of drug-likeness (QED) is 0.707. The highest BCUT2D eigenvalue weighted by molar-refractivity contribution is 5.04. The third-order valence-corrected chi connectivity index (χ3v) is 4.10. The standard InChI is InChI=1S/C12H25NO/c1-5-13(6-2)8-11-7-12(11,9-14)10(3)4/h10-11,14H,5-9H2,1-4H3. The molecule has 0 aromatic rings. The van der Waals surface area contributed by atoms with E-state index in [-0.39, 0.29) is 5.41 Å². The van der Waals surface area contributed by atoms with E-state index in [4.69, 9.17) is 0 Å². The van der Waals surface area contributed by atoms with Crippen molar-refractivity contribution in [1.29, 1.82) is 0 Å². The molecule has 2 nitrogen and oxygen atoms in total. The third-order valence-electron chi connectivity index (χ3n) is 4.10. The van der Waals surface area contributed by atoms with Crippen LogP contribution in [0.5, 0.6) is 0 Å². The Balaban J connectivity index is 2.43. The minimum atomic E-state index is 0.253. The van der Waals surface area contributed by atoms with E-state index in [2.05, 4.69) is 32.6 Å². The molecule has 1 aliphatic rings. The van der Waals surface area contributed by atoms with Crippen LogP contribution >= 0.6 is 0 Å². The van der Waals surface area contributed by atoms with Crippen molar-refractivity contribution in [3.05, 3.63) is 0 Å². The van der Waals surface area contributed by atoms with Crippen molar-refractivity contribution >= 4 is 0 Å². The molecule has 0 saturated heterocycles. The summed E-state index contributed by atoms with van der Waals surface area (Å²) in [4.78, 5) is 2.46. The Bertz CT molecular complexity index is 177. The molecule has 1 fully saturated rings. The van der Waals surface area contributed by atoms with Crippen LogP contribution in [0.3, 0.4) is 0 Å². The Hall–Kier alpha value is -0.0800. The lowest BCUT2D eigenvalue weighted by Gasteiger charge is -2.23. The number of aliphatic hydroxyl groups is 1. The highest BCUT2D eigenvalue weighted by Gasteiger charge is 2.55. The molecule has 0 bridgehead atoms. The molecule has 1 saturated carbocycles. The van der Waals surface area contributed by atoms with Crippen LogP contribution in [0.4, 0.5) is 0 Å². The lowest BCUT2D eigenvalue weighted by Crippen LogP contribution is -2.29. The minimum absolute atomic E-state index is 0.253. The second kappa shape index (κ2) is 4.63. The Labute approximate surface area is 88.3 Å². The zero-order valence-electron chi connectivity index (χ0n) is 10.1. The smallest absolute Gasteiger partial charge is 0.0493 e. The van der Waals surface area contributed by atoms with Crippen LogP contribution in [-0.2, 0) is 0 Å². The summed E-state index contributed by atoms with van der Waals surface area (Å²) in [6.45, 7) is 12.7. The molecule has 1 aliphatic carbocycles. The van der Waals surface area contributed by atoms with Gasteiger partial charge in [0.15, 0.2) is 0 Å². The number of aliphatic hydroxyl groups excluding tert-OH is 1. The first-order chi connectivity index (χ1) is 6.60. The third kappa shape index (κ3) is 2.12. The molecule has 84 valence electrons. The zero-order valence-corrected chi connectivity index (χ0v) is 10.1. The van der Waals surface area contributed by atoms with Crippen LogP contribution in [0.15, 0.2) is 0 Å². The van der Waals surface area contributed by atoms with Gasteiger partial charge in [-0.25, -0.2) is 0 Å². The fraction of sp³-hybridized carbons (Fsp3) is 1.00. The van der Waals surface area contributed by atoms with E-state index >= 15 is 0 Å². The number of rotatable bonds is 6. The van der Waals surface area contributed by atoms with Crippen LogP contribution in [0.2, 0.25) is 0 Å². The van der Waals surface area contributed by atoms with Crippen molar-refractivity contribution in [2.45, 2.75) is 34.1 Å². The van der Waals surface area contributed by atoms with E-state index < -0.39 is 0 Å². The topological polar surface area (TPSA) is 23.5 Å². The van der Waals surface area contributed by atoms with Crippen molar-refractivity contribution in [1.82, 2.24) is 4.90 Å². The monoisotopic (exact) mass is 199 g/mol. The first-order valence-electron chi connectivity index (χ1n) is 5.93. The van der Waals surface area contributed by atoms with Gasteiger partial charge in [-0.05, 0) is 31.3 Å². The molecule has 0 heterocycles. The second-order valence-corrected chi connectivity index (χ2v) is 4.93. The summed E-state index contributed by atoms with van der Waals surface area (Å²) in [6.07, 6.45) is 1.22. The summed E-state index contributed by atoms with van der Waals surface area (Å²) in [7, 11) is 0. The van der Waals surface area contributed by atoms with E-state index in [9.17, 15) is 5.11 Å². The lowest BCUT2D eigenvalue weighted by atomic mass is 9.90. The number of hydrogen-bond donors (Lipinski definition) is 1. The molecule has 0 amide bonds. The maximum atomic E-state index is 9.44. The van der Waals surface area contributed by atoms with Gasteiger partial charge in [0, 0.05) is 18.6 Å². The molecule has 14 heavy (non-hydrogen) atoms. The molecule has 0 spiro atoms. The van der Waals surface area contributed by atoms with Gasteiger partial charge in [0.1, 0.15) is 0 Å². The van der Waals surface area contributed by atoms with E-state index in [0.29, 0.717) is 12.5 Å². The summed E-state index contributed by atoms with van der Waals surface area (Å²) in [5, 5.41) is 9.44. The summed E-state index contributed by atoms with van der Waals surface area (Å²) in [5.41, 5.74) is 0.253. The fourth-order valence-electron chi connectivity index (χ4n) is 2.52. The van der Waals surface area contributed by atoms with Crippen molar-refractivity contribution in [3.63, 3.8) is 0 Å². The summed E-state index contributed by atoms with van der Waals surface area (Å²) < 4.78 is 0. The Kier molecular flexibility index (Phi) is 3.96. The molecule has 0 aromatic carbocycles. The maximum Gasteiger partial charge on any atom is 0.0493 e. The summed E-state index contributed by atoms with van der Waals surface area (Å²) in [6, 6.07) is 0. The zero-order chi connectivity index (χ0) is 10.8. The molecule has 2 atom stereocenters. The van der Waals surface area contributed by atoms with Gasteiger partial charge in [-0.2, -0.15) is 0 Å². The molecule has 0 radical (unpaired) electrons. The van der Waals surface area contributed by atoms with Gasteiger partial charge in [-0.3, -0.25) is 0 Å². The van der Waals surface area contributed by atoms with Gasteiger partial charge < -0.3 is 10.0 Å². The number of nitrogens with zero attached hydrogens (tertiary/aromatic N) is 1. The number of hydrogen-bond acceptors (Lipinski definition) is 2. The van der Waals surface area contributed by atoms with Crippen LogP contribution < -0.4 is 0 Å². The van der Waals surface area contributed by atoms with Crippen LogP contribution in [0.1, 0.15) is 34.1 Å². The first kappa shape index (κ1) is 12.0. The average molecular weight is 199 g/mol. The van der Waals surface area contributed by atoms with Gasteiger partial charge >= 0.3 is 0 Å². The normalized spacial score (nSPS) is 31.5.